The quantitative estimate of drug-likeness (QED) is 0.141. The van der Waals surface area contributed by atoms with Gasteiger partial charge in [0.05, 0.1) is 16.7 Å². The average Bonchev–Trinajstić information content (AvgIpc) is 3.72. The number of anilines is 3. The summed E-state index contributed by atoms with van der Waals surface area (Å²) < 4.78 is 2.37. The summed E-state index contributed by atoms with van der Waals surface area (Å²) in [4.78, 5) is 2.42. The predicted octanol–water partition coefficient (Wildman–Crippen LogP) is 14.9. The van der Waals surface area contributed by atoms with E-state index in [1.807, 2.05) is 6.08 Å². The van der Waals surface area contributed by atoms with Gasteiger partial charge in [-0.05, 0) is 119 Å². The predicted molar refractivity (Wildman–Crippen MR) is 243 cm³/mol. The molecule has 1 aliphatic rings. The zero-order chi connectivity index (χ0) is 38.5. The summed E-state index contributed by atoms with van der Waals surface area (Å²) in [6.07, 6.45) is 6.18. The lowest BCUT2D eigenvalue weighted by Gasteiger charge is -2.32. The molecule has 2 heteroatoms. The first-order valence-electron chi connectivity index (χ1n) is 19.7. The summed E-state index contributed by atoms with van der Waals surface area (Å²) in [7, 11) is 0. The lowest BCUT2D eigenvalue weighted by molar-refractivity contribution is 0.707. The second-order valence-electron chi connectivity index (χ2n) is 15.2. The van der Waals surface area contributed by atoms with Crippen LogP contribution in [-0.4, -0.2) is 4.57 Å². The van der Waals surface area contributed by atoms with E-state index in [1.165, 1.54) is 77.2 Å². The van der Waals surface area contributed by atoms with Crippen LogP contribution in [-0.2, 0) is 5.41 Å². The lowest BCUT2D eigenvalue weighted by atomic mass is 9.73. The number of hydrogen-bond acceptors (Lipinski definition) is 1. The van der Waals surface area contributed by atoms with E-state index in [-0.39, 0.29) is 5.41 Å². The fraction of sp³-hybridized carbons (Fsp3) is 0.0545. The number of benzene rings is 8. The highest BCUT2D eigenvalue weighted by molar-refractivity contribution is 6.10. The van der Waals surface area contributed by atoms with Crippen LogP contribution in [0.5, 0.6) is 0 Å². The maximum atomic E-state index is 3.99. The van der Waals surface area contributed by atoms with Crippen LogP contribution >= 0.6 is 0 Å². The summed E-state index contributed by atoms with van der Waals surface area (Å²) in [5, 5.41) is 4.92. The normalized spacial score (nSPS) is 15.2. The van der Waals surface area contributed by atoms with E-state index < -0.39 is 0 Å². The van der Waals surface area contributed by atoms with Gasteiger partial charge in [0.15, 0.2) is 0 Å². The van der Waals surface area contributed by atoms with Gasteiger partial charge in [-0.1, -0.05) is 152 Å². The first-order valence-corrected chi connectivity index (χ1v) is 19.7. The minimum absolute atomic E-state index is 0.341. The molecule has 2 nitrogen and oxygen atoms in total. The number of nitrogens with zero attached hydrogens (tertiary/aromatic N) is 2. The number of fused-ring (bicyclic) bond motifs is 5. The first-order chi connectivity index (χ1) is 28.0. The highest BCUT2D eigenvalue weighted by Crippen LogP contribution is 2.52. The Balaban J connectivity index is 1.11. The van der Waals surface area contributed by atoms with Gasteiger partial charge in [0.1, 0.15) is 0 Å². The van der Waals surface area contributed by atoms with Gasteiger partial charge in [0.2, 0.25) is 0 Å². The van der Waals surface area contributed by atoms with Crippen LogP contribution in [0.25, 0.3) is 55.0 Å². The van der Waals surface area contributed by atoms with Crippen molar-refractivity contribution in [3.05, 3.63) is 235 Å². The molecule has 272 valence electrons. The van der Waals surface area contributed by atoms with Crippen molar-refractivity contribution < 1.29 is 0 Å². The molecular weight excluding hydrogens is 689 g/mol. The topological polar surface area (TPSA) is 8.17 Å². The second-order valence-corrected chi connectivity index (χ2v) is 15.2. The van der Waals surface area contributed by atoms with Crippen molar-refractivity contribution in [1.29, 1.82) is 0 Å². The zero-order valence-electron chi connectivity index (χ0n) is 32.2. The van der Waals surface area contributed by atoms with Gasteiger partial charge in [-0.2, -0.15) is 0 Å². The molecule has 0 amide bonds. The molecule has 57 heavy (non-hydrogen) atoms. The van der Waals surface area contributed by atoms with Crippen LogP contribution in [0.15, 0.2) is 218 Å². The maximum Gasteiger partial charge on any atom is 0.0541 e. The second kappa shape index (κ2) is 13.8. The summed E-state index contributed by atoms with van der Waals surface area (Å²) in [5.74, 6) is 0. The number of hydrogen-bond donors (Lipinski definition) is 0. The molecule has 10 rings (SSSR count). The molecule has 1 unspecified atom stereocenters. The van der Waals surface area contributed by atoms with Crippen LogP contribution in [0.3, 0.4) is 0 Å². The lowest BCUT2D eigenvalue weighted by Crippen LogP contribution is -2.24. The number of para-hydroxylation sites is 2. The molecule has 0 N–H and O–H groups in total. The number of rotatable bonds is 8. The molecule has 0 bridgehead atoms. The van der Waals surface area contributed by atoms with Crippen LogP contribution in [0, 0.1) is 0 Å². The Kier molecular flexibility index (Phi) is 8.34. The van der Waals surface area contributed by atoms with Crippen molar-refractivity contribution in [3.63, 3.8) is 0 Å². The molecule has 1 aromatic heterocycles. The van der Waals surface area contributed by atoms with E-state index in [0.717, 1.165) is 17.1 Å². The third-order valence-electron chi connectivity index (χ3n) is 12.0. The van der Waals surface area contributed by atoms with Crippen molar-refractivity contribution in [2.24, 2.45) is 0 Å². The standard InChI is InChI=1S/C55H42N2/c1-4-5-26-50-38(2)46-23-11-13-27-51(46)55(50,3)42-19-16-22-45(37-42)56(52-29-15-18-40-17-9-10-24-47(40)52)44-33-30-39(31-34-44)41-32-35-54-49(36-41)48-25-12-14-28-53(48)57(54)43-20-7-6-8-21-43/h4-37H,1H2,2-3H3/b26-5-. The van der Waals surface area contributed by atoms with E-state index in [4.69, 9.17) is 0 Å². The van der Waals surface area contributed by atoms with Crippen molar-refractivity contribution in [1.82, 2.24) is 4.57 Å². The van der Waals surface area contributed by atoms with Gasteiger partial charge in [-0.25, -0.2) is 0 Å². The Bertz CT molecular complexity index is 3050. The van der Waals surface area contributed by atoms with Gasteiger partial charge in [-0.3, -0.25) is 0 Å². The number of allylic oxidation sites excluding steroid dienone is 5. The van der Waals surface area contributed by atoms with Crippen LogP contribution in [0.4, 0.5) is 17.1 Å². The van der Waals surface area contributed by atoms with E-state index in [2.05, 4.69) is 230 Å². The molecule has 8 aromatic carbocycles. The molecule has 0 spiro atoms. The van der Waals surface area contributed by atoms with Crippen molar-refractivity contribution in [2.45, 2.75) is 19.3 Å². The van der Waals surface area contributed by atoms with Crippen LogP contribution in [0.1, 0.15) is 30.5 Å². The Morgan fingerprint density at radius 2 is 1.25 bits per heavy atom. The smallest absolute Gasteiger partial charge is 0.0541 e. The molecule has 0 radical (unpaired) electrons. The molecule has 9 aromatic rings. The van der Waals surface area contributed by atoms with Crippen molar-refractivity contribution in [2.75, 3.05) is 4.90 Å². The monoisotopic (exact) mass is 730 g/mol. The maximum absolute atomic E-state index is 3.99. The third kappa shape index (κ3) is 5.56. The molecule has 1 atom stereocenters. The molecule has 0 fully saturated rings. The van der Waals surface area contributed by atoms with Crippen LogP contribution < -0.4 is 4.90 Å². The van der Waals surface area contributed by atoms with Gasteiger partial charge in [-0.15, -0.1) is 0 Å². The molecular formula is C55H42N2. The number of aromatic nitrogens is 1. The summed E-state index contributed by atoms with van der Waals surface area (Å²) >= 11 is 0. The fourth-order valence-corrected chi connectivity index (χ4v) is 9.28. The van der Waals surface area contributed by atoms with Gasteiger partial charge < -0.3 is 9.47 Å². The van der Waals surface area contributed by atoms with E-state index in [0.29, 0.717) is 0 Å². The average molecular weight is 731 g/mol. The van der Waals surface area contributed by atoms with E-state index in [9.17, 15) is 0 Å². The summed E-state index contributed by atoms with van der Waals surface area (Å²) in [6, 6.07) is 68.6. The Morgan fingerprint density at radius 1 is 0.561 bits per heavy atom. The zero-order valence-corrected chi connectivity index (χ0v) is 32.2. The largest absolute Gasteiger partial charge is 0.310 e. The SMILES string of the molecule is C=C/C=C\C1=C(C)c2ccccc2C1(C)c1cccc(N(c2ccc(-c3ccc4c(c3)c3ccccc3n4-c3ccccc3)cc2)c2cccc3ccccc23)c1. The summed E-state index contributed by atoms with van der Waals surface area (Å²) in [5.41, 5.74) is 15.5. The highest BCUT2D eigenvalue weighted by Gasteiger charge is 2.40. The fourth-order valence-electron chi connectivity index (χ4n) is 9.28. The van der Waals surface area contributed by atoms with Crippen molar-refractivity contribution >= 4 is 55.2 Å². The Hall–Kier alpha value is -7.16. The molecule has 1 aliphatic carbocycles. The van der Waals surface area contributed by atoms with Crippen LogP contribution in [0.2, 0.25) is 0 Å². The minimum Gasteiger partial charge on any atom is -0.310 e. The minimum atomic E-state index is -0.341. The summed E-state index contributed by atoms with van der Waals surface area (Å²) in [6.45, 7) is 8.61. The van der Waals surface area contributed by atoms with Crippen molar-refractivity contribution in [3.8, 4) is 16.8 Å². The van der Waals surface area contributed by atoms with Gasteiger partial charge in [0.25, 0.3) is 0 Å². The molecule has 0 saturated heterocycles. The molecule has 1 heterocycles. The third-order valence-corrected chi connectivity index (χ3v) is 12.0. The molecule has 0 aliphatic heterocycles. The highest BCUT2D eigenvalue weighted by atomic mass is 15.1. The Labute approximate surface area is 334 Å². The van der Waals surface area contributed by atoms with Gasteiger partial charge >= 0.3 is 0 Å². The van der Waals surface area contributed by atoms with E-state index in [1.54, 1.807) is 0 Å². The Morgan fingerprint density at radius 3 is 2.09 bits per heavy atom. The molecule has 0 saturated carbocycles. The van der Waals surface area contributed by atoms with E-state index >= 15 is 0 Å². The van der Waals surface area contributed by atoms with Gasteiger partial charge in [0, 0.05) is 38.6 Å². The first kappa shape index (κ1) is 34.3.